The number of nitrogens with one attached hydrogen (secondary N) is 1. The molecule has 0 radical (unpaired) electrons. The maximum absolute atomic E-state index is 11.9. The van der Waals surface area contributed by atoms with Gasteiger partial charge in [0.1, 0.15) is 5.75 Å². The molecule has 8 nitrogen and oxygen atoms in total. The van der Waals surface area contributed by atoms with E-state index in [0.717, 1.165) is 53.6 Å². The van der Waals surface area contributed by atoms with Gasteiger partial charge in [-0.15, -0.1) is 11.3 Å². The molecule has 1 fully saturated rings. The molecule has 0 spiro atoms. The Morgan fingerprint density at radius 3 is 2.58 bits per heavy atom. The number of ether oxygens (including phenoxy) is 2. The van der Waals surface area contributed by atoms with E-state index in [4.69, 9.17) is 19.6 Å². The summed E-state index contributed by atoms with van der Waals surface area (Å²) in [5.74, 6) is 0.491. The predicted octanol–water partition coefficient (Wildman–Crippen LogP) is 4.81. The van der Waals surface area contributed by atoms with Crippen LogP contribution in [0, 0.1) is 6.92 Å². The van der Waals surface area contributed by atoms with Crippen LogP contribution in [-0.4, -0.2) is 49.7 Å². The summed E-state index contributed by atoms with van der Waals surface area (Å²) in [4.78, 5) is 19.8. The summed E-state index contributed by atoms with van der Waals surface area (Å²) < 4.78 is 12.8. The van der Waals surface area contributed by atoms with Crippen LogP contribution in [0.4, 0.5) is 17.1 Å². The van der Waals surface area contributed by atoms with Crippen LogP contribution in [0.2, 0.25) is 0 Å². The zero-order valence-electron chi connectivity index (χ0n) is 21.0. The average molecular weight is 526 g/mol. The molecule has 4 aromatic rings. The van der Waals surface area contributed by atoms with E-state index in [-0.39, 0.29) is 12.5 Å². The number of amides is 1. The van der Waals surface area contributed by atoms with E-state index in [0.29, 0.717) is 11.4 Å². The third-order valence-electron chi connectivity index (χ3n) is 6.44. The molecule has 0 saturated carbocycles. The van der Waals surface area contributed by atoms with Crippen molar-refractivity contribution >= 4 is 40.5 Å². The largest absolute Gasteiger partial charge is 0.482 e. The first kappa shape index (κ1) is 24.1. The van der Waals surface area contributed by atoms with Gasteiger partial charge in [-0.3, -0.25) is 4.79 Å². The number of aryl methyl sites for hydroxylation is 1. The van der Waals surface area contributed by atoms with E-state index in [1.54, 1.807) is 0 Å². The lowest BCUT2D eigenvalue weighted by Gasteiger charge is -2.28. The van der Waals surface area contributed by atoms with Crippen molar-refractivity contribution in [1.82, 2.24) is 4.68 Å². The fourth-order valence-electron chi connectivity index (χ4n) is 4.38. The van der Waals surface area contributed by atoms with Gasteiger partial charge in [0.25, 0.3) is 5.91 Å². The van der Waals surface area contributed by atoms with E-state index in [9.17, 15) is 4.79 Å². The Morgan fingerprint density at radius 2 is 1.79 bits per heavy atom. The lowest BCUT2D eigenvalue weighted by Crippen LogP contribution is -2.36. The number of hydrogen-bond donors (Lipinski definition) is 1. The van der Waals surface area contributed by atoms with Gasteiger partial charge in [0, 0.05) is 29.7 Å². The van der Waals surface area contributed by atoms with Crippen LogP contribution in [0.15, 0.2) is 82.2 Å². The van der Waals surface area contributed by atoms with Crippen LogP contribution in [0.25, 0.3) is 11.3 Å². The number of anilines is 2. The molecule has 38 heavy (non-hydrogen) atoms. The summed E-state index contributed by atoms with van der Waals surface area (Å²) in [7, 11) is 0. The first-order chi connectivity index (χ1) is 18.6. The smallest absolute Gasteiger partial charge is 0.262 e. The zero-order chi connectivity index (χ0) is 25.9. The number of benzene rings is 3. The van der Waals surface area contributed by atoms with Crippen molar-refractivity contribution in [3.8, 4) is 17.0 Å². The molecule has 1 N–H and O–H groups in total. The number of thiazole rings is 1. The Morgan fingerprint density at radius 1 is 1.00 bits per heavy atom. The van der Waals surface area contributed by atoms with Crippen molar-refractivity contribution in [3.05, 3.63) is 88.0 Å². The van der Waals surface area contributed by atoms with Crippen LogP contribution in [0.5, 0.6) is 5.75 Å². The van der Waals surface area contributed by atoms with Crippen molar-refractivity contribution in [2.24, 2.45) is 10.1 Å². The third-order valence-corrected chi connectivity index (χ3v) is 7.26. The van der Waals surface area contributed by atoms with E-state index in [1.165, 1.54) is 22.6 Å². The molecule has 0 unspecified atom stereocenters. The van der Waals surface area contributed by atoms with Gasteiger partial charge in [-0.1, -0.05) is 29.8 Å². The van der Waals surface area contributed by atoms with E-state index in [2.05, 4.69) is 41.4 Å². The summed E-state index contributed by atoms with van der Waals surface area (Å²) >= 11 is 1.51. The van der Waals surface area contributed by atoms with Crippen LogP contribution in [0.3, 0.4) is 0 Å². The van der Waals surface area contributed by atoms with Gasteiger partial charge in [0.05, 0.1) is 36.5 Å². The van der Waals surface area contributed by atoms with Gasteiger partial charge in [-0.25, -0.2) is 9.67 Å². The Bertz CT molecular complexity index is 1550. The molecule has 0 aliphatic carbocycles. The molecular formula is C29H27N5O3S. The summed E-state index contributed by atoms with van der Waals surface area (Å²) in [6, 6.07) is 22.2. The summed E-state index contributed by atoms with van der Waals surface area (Å²) in [6.07, 6.45) is 1.84. The Labute approximate surface area is 224 Å². The van der Waals surface area contributed by atoms with Crippen LogP contribution >= 0.6 is 11.3 Å². The van der Waals surface area contributed by atoms with E-state index in [1.807, 2.05) is 58.7 Å². The Kier molecular flexibility index (Phi) is 6.76. The molecule has 2 aliphatic heterocycles. The monoisotopic (exact) mass is 525 g/mol. The second kappa shape index (κ2) is 10.6. The van der Waals surface area contributed by atoms with Gasteiger partial charge in [-0.05, 0) is 55.0 Å². The van der Waals surface area contributed by atoms with Crippen molar-refractivity contribution < 1.29 is 14.3 Å². The highest BCUT2D eigenvalue weighted by molar-refractivity contribution is 7.07. The van der Waals surface area contributed by atoms with E-state index >= 15 is 0 Å². The molecular weight excluding hydrogens is 498 g/mol. The Hall–Kier alpha value is -4.21. The second-order valence-electron chi connectivity index (χ2n) is 9.15. The summed E-state index contributed by atoms with van der Waals surface area (Å²) in [5, 5.41) is 9.77. The minimum atomic E-state index is -0.165. The number of carbonyl (C=O) groups excluding carboxylic acids is 1. The number of fused-ring (bicyclic) bond motifs is 1. The molecule has 3 heterocycles. The van der Waals surface area contributed by atoms with Gasteiger partial charge in [0.15, 0.2) is 6.61 Å². The fraction of sp³-hybridized carbons (Fsp3) is 0.207. The van der Waals surface area contributed by atoms with Crippen LogP contribution < -0.4 is 19.8 Å². The minimum Gasteiger partial charge on any atom is -0.482 e. The first-order valence-electron chi connectivity index (χ1n) is 12.5. The third kappa shape index (κ3) is 5.25. The lowest BCUT2D eigenvalue weighted by molar-refractivity contribution is -0.118. The van der Waals surface area contributed by atoms with E-state index < -0.39 is 0 Å². The van der Waals surface area contributed by atoms with Gasteiger partial charge < -0.3 is 19.7 Å². The van der Waals surface area contributed by atoms with Crippen molar-refractivity contribution in [3.63, 3.8) is 0 Å². The minimum absolute atomic E-state index is 0.0268. The molecule has 0 atom stereocenters. The number of aromatic nitrogens is 1. The van der Waals surface area contributed by atoms with Crippen molar-refractivity contribution in [2.75, 3.05) is 43.1 Å². The quantitative estimate of drug-likeness (QED) is 0.380. The standard InChI is InChI=1S/C29H27N5O3S/c1-20-2-7-23(8-3-20)31-29-34(30-17-21-4-9-24(10-5-21)33-12-14-36-15-13-33)26(19-38-29)22-6-11-27-25(16-22)32-28(35)18-37-27/h2-11,16-17,19H,12-15,18H2,1H3,(H,32,35). The summed E-state index contributed by atoms with van der Waals surface area (Å²) in [6.45, 7) is 5.40. The highest BCUT2D eigenvalue weighted by Gasteiger charge is 2.18. The van der Waals surface area contributed by atoms with Gasteiger partial charge >= 0.3 is 0 Å². The second-order valence-corrected chi connectivity index (χ2v) is 9.98. The number of morpholine rings is 1. The lowest BCUT2D eigenvalue weighted by atomic mass is 10.1. The summed E-state index contributed by atoms with van der Waals surface area (Å²) in [5.41, 5.74) is 6.62. The van der Waals surface area contributed by atoms with Crippen molar-refractivity contribution in [2.45, 2.75) is 6.92 Å². The molecule has 192 valence electrons. The zero-order valence-corrected chi connectivity index (χ0v) is 21.8. The molecule has 1 saturated heterocycles. The predicted molar refractivity (Wildman–Crippen MR) is 151 cm³/mol. The molecule has 2 aliphatic rings. The molecule has 3 aromatic carbocycles. The molecule has 1 amide bonds. The number of rotatable bonds is 5. The number of carbonyl (C=O) groups is 1. The molecule has 9 heteroatoms. The molecule has 0 bridgehead atoms. The maximum atomic E-state index is 11.9. The SMILES string of the molecule is Cc1ccc(N=c2scc(-c3ccc4c(c3)NC(=O)CO4)n2N=Cc2ccc(N3CCOCC3)cc2)cc1. The van der Waals surface area contributed by atoms with Crippen LogP contribution in [0.1, 0.15) is 11.1 Å². The topological polar surface area (TPSA) is 80.4 Å². The number of hydrogen-bond acceptors (Lipinski definition) is 7. The highest BCUT2D eigenvalue weighted by Crippen LogP contribution is 2.33. The molecule has 1 aromatic heterocycles. The van der Waals surface area contributed by atoms with Gasteiger partial charge in [-0.2, -0.15) is 5.10 Å². The van der Waals surface area contributed by atoms with Crippen LogP contribution in [-0.2, 0) is 9.53 Å². The van der Waals surface area contributed by atoms with Gasteiger partial charge in [0.2, 0.25) is 4.80 Å². The number of nitrogens with zero attached hydrogens (tertiary/aromatic N) is 4. The normalized spacial score (nSPS) is 15.9. The Balaban J connectivity index is 1.37. The maximum Gasteiger partial charge on any atom is 0.262 e. The molecule has 6 rings (SSSR count). The fourth-order valence-corrected chi connectivity index (χ4v) is 5.23. The van der Waals surface area contributed by atoms with Crippen molar-refractivity contribution in [1.29, 1.82) is 0 Å². The average Bonchev–Trinajstić information content (AvgIpc) is 3.35. The first-order valence-corrected chi connectivity index (χ1v) is 13.4. The highest BCUT2D eigenvalue weighted by atomic mass is 32.1.